The van der Waals surface area contributed by atoms with E-state index in [2.05, 4.69) is 15.1 Å². The number of hydrogen-bond acceptors (Lipinski definition) is 5. The Kier molecular flexibility index (Phi) is 7.75. The van der Waals surface area contributed by atoms with Crippen molar-refractivity contribution < 1.29 is 18.7 Å². The summed E-state index contributed by atoms with van der Waals surface area (Å²) in [5.74, 6) is -0.509. The number of ether oxygens (including phenoxy) is 1. The highest BCUT2D eigenvalue weighted by Gasteiger charge is 2.39. The van der Waals surface area contributed by atoms with E-state index in [0.29, 0.717) is 44.8 Å². The smallest absolute Gasteiger partial charge is 0.254 e. The number of benzene rings is 1. The van der Waals surface area contributed by atoms with E-state index in [1.165, 1.54) is 31.4 Å². The lowest BCUT2D eigenvalue weighted by atomic mass is 9.79. The Morgan fingerprint density at radius 1 is 1.00 bits per heavy atom. The molecule has 2 amide bonds. The number of halogens is 1. The normalized spacial score (nSPS) is 22.5. The van der Waals surface area contributed by atoms with Crippen LogP contribution in [-0.4, -0.2) is 97.6 Å². The van der Waals surface area contributed by atoms with Crippen molar-refractivity contribution in [3.8, 4) is 0 Å². The zero-order valence-corrected chi connectivity index (χ0v) is 18.9. The number of piperazine rings is 1. The highest BCUT2D eigenvalue weighted by molar-refractivity contribution is 5.94. The van der Waals surface area contributed by atoms with E-state index in [1.807, 2.05) is 0 Å². The van der Waals surface area contributed by atoms with E-state index < -0.39 is 5.82 Å². The molecule has 0 bridgehead atoms. The fraction of sp³-hybridized carbons (Fsp3) is 0.667. The minimum atomic E-state index is -0.404. The second-order valence-electron chi connectivity index (χ2n) is 9.24. The molecule has 0 radical (unpaired) electrons. The van der Waals surface area contributed by atoms with Crippen LogP contribution in [0.2, 0.25) is 0 Å². The maximum Gasteiger partial charge on any atom is 0.254 e. The Hall–Kier alpha value is -2.03. The molecule has 3 aliphatic rings. The lowest BCUT2D eigenvalue weighted by Gasteiger charge is -2.48. The number of morpholine rings is 1. The van der Waals surface area contributed by atoms with E-state index >= 15 is 0 Å². The molecule has 0 aromatic heterocycles. The van der Waals surface area contributed by atoms with Gasteiger partial charge in [-0.25, -0.2) is 4.39 Å². The van der Waals surface area contributed by atoms with Crippen molar-refractivity contribution >= 4 is 11.8 Å². The van der Waals surface area contributed by atoms with Crippen LogP contribution in [0.25, 0.3) is 0 Å². The van der Waals surface area contributed by atoms with Gasteiger partial charge in [-0.2, -0.15) is 0 Å². The van der Waals surface area contributed by atoms with Crippen molar-refractivity contribution in [1.82, 2.24) is 20.0 Å². The highest BCUT2D eigenvalue weighted by atomic mass is 19.1. The third kappa shape index (κ3) is 5.66. The van der Waals surface area contributed by atoms with Crippen molar-refractivity contribution in [2.75, 3.05) is 65.6 Å². The topological polar surface area (TPSA) is 65.1 Å². The predicted molar refractivity (Wildman–Crippen MR) is 120 cm³/mol. The number of carbonyl (C=O) groups excluding carboxylic acids is 2. The third-order valence-electron chi connectivity index (χ3n) is 7.18. The minimum absolute atomic E-state index is 0.0492. The lowest BCUT2D eigenvalue weighted by molar-refractivity contribution is -0.123. The average molecular weight is 447 g/mol. The second-order valence-corrected chi connectivity index (χ2v) is 9.24. The van der Waals surface area contributed by atoms with E-state index in [-0.39, 0.29) is 17.4 Å². The lowest BCUT2D eigenvalue weighted by Crippen LogP contribution is -2.60. The molecule has 4 rings (SSSR count). The molecule has 7 nitrogen and oxygen atoms in total. The van der Waals surface area contributed by atoms with Gasteiger partial charge in [0.2, 0.25) is 5.91 Å². The van der Waals surface area contributed by atoms with Gasteiger partial charge in [-0.1, -0.05) is 25.3 Å². The fourth-order valence-electron chi connectivity index (χ4n) is 5.29. The van der Waals surface area contributed by atoms with Crippen molar-refractivity contribution in [2.45, 2.75) is 37.6 Å². The first-order valence-corrected chi connectivity index (χ1v) is 11.9. The summed E-state index contributed by atoms with van der Waals surface area (Å²) in [4.78, 5) is 31.7. The molecule has 1 saturated carbocycles. The SMILES string of the molecule is O=C(CN1CCN(C(=O)c2cccc(F)c2)CC1)NCC1(N2CCOCC2)CCCCC1. The van der Waals surface area contributed by atoms with E-state index in [1.54, 1.807) is 17.0 Å². The summed E-state index contributed by atoms with van der Waals surface area (Å²) >= 11 is 0. The maximum absolute atomic E-state index is 13.4. The molecule has 32 heavy (non-hydrogen) atoms. The summed E-state index contributed by atoms with van der Waals surface area (Å²) in [7, 11) is 0. The van der Waals surface area contributed by atoms with Crippen molar-refractivity contribution in [3.05, 3.63) is 35.6 Å². The molecule has 176 valence electrons. The van der Waals surface area contributed by atoms with Crippen LogP contribution in [0.5, 0.6) is 0 Å². The van der Waals surface area contributed by atoms with Crippen molar-refractivity contribution in [1.29, 1.82) is 0 Å². The number of rotatable bonds is 6. The first kappa shape index (κ1) is 23.1. The number of carbonyl (C=O) groups is 2. The van der Waals surface area contributed by atoms with Gasteiger partial charge in [0.15, 0.2) is 0 Å². The standard InChI is InChI=1S/C24H35FN4O3/c25-21-6-4-5-20(17-21)23(31)28-11-9-27(10-12-28)18-22(30)26-19-24(7-2-1-3-8-24)29-13-15-32-16-14-29/h4-6,17H,1-3,7-16,18-19H2,(H,26,30). The Morgan fingerprint density at radius 3 is 2.41 bits per heavy atom. The van der Waals surface area contributed by atoms with Gasteiger partial charge in [0.1, 0.15) is 5.82 Å². The molecule has 2 heterocycles. The number of hydrogen-bond donors (Lipinski definition) is 1. The molecule has 3 fully saturated rings. The minimum Gasteiger partial charge on any atom is -0.379 e. The van der Waals surface area contributed by atoms with Crippen LogP contribution >= 0.6 is 0 Å². The largest absolute Gasteiger partial charge is 0.379 e. The quantitative estimate of drug-likeness (QED) is 0.721. The number of nitrogens with one attached hydrogen (secondary N) is 1. The Labute approximate surface area is 189 Å². The van der Waals surface area contributed by atoms with Crippen LogP contribution in [0.3, 0.4) is 0 Å². The van der Waals surface area contributed by atoms with E-state index in [9.17, 15) is 14.0 Å². The number of amides is 2. The molecule has 0 spiro atoms. The first-order chi connectivity index (χ1) is 15.6. The molecule has 8 heteroatoms. The van der Waals surface area contributed by atoms with Crippen LogP contribution in [0.4, 0.5) is 4.39 Å². The molecule has 2 saturated heterocycles. The van der Waals surface area contributed by atoms with Gasteiger partial charge in [0, 0.05) is 56.9 Å². The van der Waals surface area contributed by atoms with Gasteiger partial charge in [-0.05, 0) is 31.0 Å². The average Bonchev–Trinajstić information content (AvgIpc) is 2.84. The molecule has 1 aromatic carbocycles. The van der Waals surface area contributed by atoms with Gasteiger partial charge in [0.25, 0.3) is 5.91 Å². The summed E-state index contributed by atoms with van der Waals surface area (Å²) in [6, 6.07) is 5.81. The third-order valence-corrected chi connectivity index (χ3v) is 7.18. The Bertz CT molecular complexity index is 785. The molecular formula is C24H35FN4O3. The second kappa shape index (κ2) is 10.7. The summed E-state index contributed by atoms with van der Waals surface area (Å²) in [5, 5.41) is 3.22. The van der Waals surface area contributed by atoms with Crippen molar-refractivity contribution in [3.63, 3.8) is 0 Å². The Morgan fingerprint density at radius 2 is 1.72 bits per heavy atom. The molecular weight excluding hydrogens is 411 g/mol. The van der Waals surface area contributed by atoms with Crippen LogP contribution in [0.1, 0.15) is 42.5 Å². The van der Waals surface area contributed by atoms with E-state index in [0.717, 1.165) is 39.1 Å². The molecule has 1 aliphatic carbocycles. The monoisotopic (exact) mass is 446 g/mol. The predicted octanol–water partition coefficient (Wildman–Crippen LogP) is 1.73. The summed E-state index contributed by atoms with van der Waals surface area (Å²) < 4.78 is 19.0. The molecule has 0 atom stereocenters. The molecule has 1 aromatic rings. The van der Waals surface area contributed by atoms with Gasteiger partial charge < -0.3 is 15.0 Å². The summed E-state index contributed by atoms with van der Waals surface area (Å²) in [5.41, 5.74) is 0.436. The van der Waals surface area contributed by atoms with Crippen LogP contribution in [-0.2, 0) is 9.53 Å². The fourth-order valence-corrected chi connectivity index (χ4v) is 5.29. The van der Waals surface area contributed by atoms with E-state index in [4.69, 9.17) is 4.74 Å². The summed E-state index contributed by atoms with van der Waals surface area (Å²) in [6.07, 6.45) is 5.98. The maximum atomic E-state index is 13.4. The Balaban J connectivity index is 1.24. The first-order valence-electron chi connectivity index (χ1n) is 11.9. The molecule has 2 aliphatic heterocycles. The molecule has 1 N–H and O–H groups in total. The zero-order valence-electron chi connectivity index (χ0n) is 18.9. The summed E-state index contributed by atoms with van der Waals surface area (Å²) in [6.45, 7) is 6.84. The van der Waals surface area contributed by atoms with Crippen molar-refractivity contribution in [2.24, 2.45) is 0 Å². The van der Waals surface area contributed by atoms with Gasteiger partial charge >= 0.3 is 0 Å². The van der Waals surface area contributed by atoms with Crippen LogP contribution < -0.4 is 5.32 Å². The van der Waals surface area contributed by atoms with Crippen LogP contribution in [0, 0.1) is 5.82 Å². The zero-order chi connectivity index (χ0) is 22.4. The van der Waals surface area contributed by atoms with Crippen LogP contribution in [0.15, 0.2) is 24.3 Å². The van der Waals surface area contributed by atoms with Gasteiger partial charge in [-0.3, -0.25) is 19.4 Å². The number of nitrogens with zero attached hydrogens (tertiary/aromatic N) is 3. The molecule has 0 unspecified atom stereocenters. The van der Waals surface area contributed by atoms with Gasteiger partial charge in [0.05, 0.1) is 19.8 Å². The van der Waals surface area contributed by atoms with Gasteiger partial charge in [-0.15, -0.1) is 0 Å². The highest BCUT2D eigenvalue weighted by Crippen LogP contribution is 2.33.